The summed E-state index contributed by atoms with van der Waals surface area (Å²) in [7, 11) is 0. The lowest BCUT2D eigenvalue weighted by Gasteiger charge is -2.13. The van der Waals surface area contributed by atoms with Crippen molar-refractivity contribution in [1.29, 1.82) is 0 Å². The fraction of sp³-hybridized carbons (Fsp3) is 0.357. The molecule has 1 aliphatic rings. The fourth-order valence-electron chi connectivity index (χ4n) is 2.78. The van der Waals surface area contributed by atoms with Crippen molar-refractivity contribution in [3.05, 3.63) is 34.0 Å². The molecule has 1 aromatic carbocycles. The molecule has 0 bridgehead atoms. The number of aryl methyl sites for hydroxylation is 3. The molecule has 1 aromatic heterocycles. The van der Waals surface area contributed by atoms with E-state index in [4.69, 9.17) is 0 Å². The van der Waals surface area contributed by atoms with Gasteiger partial charge in [-0.3, -0.25) is 4.79 Å². The number of fused-ring (bicyclic) bond motifs is 3. The number of carbonyl (C=O) groups is 1. The molecular weight excluding hydrogens is 212 g/mol. The molecule has 1 aliphatic heterocycles. The molecule has 0 fully saturated rings. The molecule has 0 unspecified atom stereocenters. The van der Waals surface area contributed by atoms with Crippen molar-refractivity contribution < 1.29 is 4.79 Å². The second kappa shape index (κ2) is 3.36. The van der Waals surface area contributed by atoms with Gasteiger partial charge in [-0.15, -0.1) is 0 Å². The van der Waals surface area contributed by atoms with Gasteiger partial charge >= 0.3 is 0 Å². The minimum atomic E-state index is 0.0268. The topological polar surface area (TPSA) is 44.9 Å². The molecular formula is C14H16N2O. The van der Waals surface area contributed by atoms with E-state index in [2.05, 4.69) is 37.1 Å². The van der Waals surface area contributed by atoms with Crippen LogP contribution in [-0.2, 0) is 6.42 Å². The van der Waals surface area contributed by atoms with Crippen molar-refractivity contribution in [3.63, 3.8) is 0 Å². The van der Waals surface area contributed by atoms with Crippen LogP contribution in [0.3, 0.4) is 0 Å². The van der Waals surface area contributed by atoms with Crippen LogP contribution >= 0.6 is 0 Å². The third kappa shape index (κ3) is 1.32. The Hall–Kier alpha value is -1.77. The van der Waals surface area contributed by atoms with Crippen LogP contribution in [0, 0.1) is 20.8 Å². The largest absolute Gasteiger partial charge is 0.350 e. The summed E-state index contributed by atoms with van der Waals surface area (Å²) in [5.41, 5.74) is 6.86. The van der Waals surface area contributed by atoms with Gasteiger partial charge in [0.1, 0.15) is 5.69 Å². The number of nitrogens with one attached hydrogen (secondary N) is 2. The van der Waals surface area contributed by atoms with Crippen LogP contribution in [0.25, 0.3) is 10.9 Å². The molecule has 2 N–H and O–H groups in total. The van der Waals surface area contributed by atoms with Gasteiger partial charge in [-0.05, 0) is 49.4 Å². The molecule has 88 valence electrons. The highest BCUT2D eigenvalue weighted by Gasteiger charge is 2.23. The highest BCUT2D eigenvalue weighted by molar-refractivity contribution is 6.04. The van der Waals surface area contributed by atoms with Crippen LogP contribution < -0.4 is 5.32 Å². The number of carbonyl (C=O) groups excluding carboxylic acids is 1. The number of benzene rings is 1. The van der Waals surface area contributed by atoms with E-state index < -0.39 is 0 Å². The van der Waals surface area contributed by atoms with Crippen molar-refractivity contribution in [1.82, 2.24) is 10.3 Å². The van der Waals surface area contributed by atoms with Crippen LogP contribution in [-0.4, -0.2) is 17.4 Å². The van der Waals surface area contributed by atoms with Crippen molar-refractivity contribution in [2.45, 2.75) is 27.2 Å². The number of rotatable bonds is 0. The Bertz CT molecular complexity index is 637. The van der Waals surface area contributed by atoms with Crippen molar-refractivity contribution >= 4 is 16.8 Å². The zero-order valence-corrected chi connectivity index (χ0v) is 10.4. The smallest absolute Gasteiger partial charge is 0.268 e. The Morgan fingerprint density at radius 3 is 2.71 bits per heavy atom. The van der Waals surface area contributed by atoms with Gasteiger partial charge in [-0.1, -0.05) is 6.07 Å². The van der Waals surface area contributed by atoms with Crippen LogP contribution in [0.5, 0.6) is 0 Å². The second-order valence-corrected chi connectivity index (χ2v) is 4.87. The summed E-state index contributed by atoms with van der Waals surface area (Å²) >= 11 is 0. The lowest BCUT2D eigenvalue weighted by atomic mass is 9.96. The van der Waals surface area contributed by atoms with E-state index in [1.807, 2.05) is 0 Å². The van der Waals surface area contributed by atoms with E-state index in [0.717, 1.165) is 24.2 Å². The lowest BCUT2D eigenvalue weighted by Crippen LogP contribution is -2.31. The summed E-state index contributed by atoms with van der Waals surface area (Å²) in [5, 5.41) is 4.14. The summed E-state index contributed by atoms with van der Waals surface area (Å²) in [6.45, 7) is 7.10. The first-order valence-electron chi connectivity index (χ1n) is 5.99. The summed E-state index contributed by atoms with van der Waals surface area (Å²) in [4.78, 5) is 15.1. The second-order valence-electron chi connectivity index (χ2n) is 4.87. The molecule has 0 atom stereocenters. The monoisotopic (exact) mass is 228 g/mol. The van der Waals surface area contributed by atoms with Gasteiger partial charge in [-0.2, -0.15) is 0 Å². The van der Waals surface area contributed by atoms with E-state index in [9.17, 15) is 4.79 Å². The van der Waals surface area contributed by atoms with E-state index >= 15 is 0 Å². The molecule has 17 heavy (non-hydrogen) atoms. The summed E-state index contributed by atoms with van der Waals surface area (Å²) < 4.78 is 0. The maximum absolute atomic E-state index is 11.8. The highest BCUT2D eigenvalue weighted by atomic mass is 16.1. The fourth-order valence-corrected chi connectivity index (χ4v) is 2.78. The van der Waals surface area contributed by atoms with Gasteiger partial charge in [0.2, 0.25) is 0 Å². The van der Waals surface area contributed by atoms with Gasteiger partial charge in [0.25, 0.3) is 5.91 Å². The molecule has 3 nitrogen and oxygen atoms in total. The van der Waals surface area contributed by atoms with E-state index in [-0.39, 0.29) is 5.91 Å². The summed E-state index contributed by atoms with van der Waals surface area (Å²) in [6.07, 6.45) is 0.921. The summed E-state index contributed by atoms with van der Waals surface area (Å²) in [6, 6.07) is 2.18. The number of hydrogen-bond acceptors (Lipinski definition) is 1. The first-order chi connectivity index (χ1) is 8.09. The zero-order chi connectivity index (χ0) is 12.2. The minimum absolute atomic E-state index is 0.0268. The van der Waals surface area contributed by atoms with Crippen LogP contribution in [0.15, 0.2) is 6.07 Å². The third-order valence-corrected chi connectivity index (χ3v) is 3.79. The van der Waals surface area contributed by atoms with Crippen molar-refractivity contribution in [3.8, 4) is 0 Å². The SMILES string of the molecule is Cc1cc(C)c2[nH]c3c(c2c1C)CCNC3=O. The Balaban J connectivity index is 2.47. The Labute approximate surface area is 100 Å². The van der Waals surface area contributed by atoms with Gasteiger partial charge < -0.3 is 10.3 Å². The van der Waals surface area contributed by atoms with Crippen molar-refractivity contribution in [2.24, 2.45) is 0 Å². The molecule has 2 heterocycles. The standard InChI is InChI=1S/C14H16N2O/c1-7-6-8(2)12-11(9(7)3)10-4-5-15-14(17)13(10)16-12/h6,16H,4-5H2,1-3H3,(H,15,17). The first kappa shape index (κ1) is 10.4. The Morgan fingerprint density at radius 2 is 1.94 bits per heavy atom. The number of amides is 1. The molecule has 3 heteroatoms. The van der Waals surface area contributed by atoms with Crippen LogP contribution in [0.2, 0.25) is 0 Å². The van der Waals surface area contributed by atoms with E-state index in [1.54, 1.807) is 0 Å². The molecule has 0 radical (unpaired) electrons. The molecule has 0 saturated carbocycles. The molecule has 0 aliphatic carbocycles. The van der Waals surface area contributed by atoms with Gasteiger partial charge in [0.05, 0.1) is 0 Å². The quantitative estimate of drug-likeness (QED) is 0.714. The Kier molecular flexibility index (Phi) is 2.05. The van der Waals surface area contributed by atoms with E-state index in [0.29, 0.717) is 0 Å². The predicted octanol–water partition coefficient (Wildman–Crippen LogP) is 2.38. The maximum Gasteiger partial charge on any atom is 0.268 e. The Morgan fingerprint density at radius 1 is 1.18 bits per heavy atom. The summed E-state index contributed by atoms with van der Waals surface area (Å²) in [5.74, 6) is 0.0268. The zero-order valence-electron chi connectivity index (χ0n) is 10.4. The highest BCUT2D eigenvalue weighted by Crippen LogP contribution is 2.31. The van der Waals surface area contributed by atoms with Gasteiger partial charge in [0, 0.05) is 17.4 Å². The minimum Gasteiger partial charge on any atom is -0.350 e. The van der Waals surface area contributed by atoms with Gasteiger partial charge in [0.15, 0.2) is 0 Å². The number of aromatic nitrogens is 1. The predicted molar refractivity (Wildman–Crippen MR) is 68.5 cm³/mol. The van der Waals surface area contributed by atoms with Crippen LogP contribution in [0.4, 0.5) is 0 Å². The maximum atomic E-state index is 11.8. The molecule has 1 amide bonds. The molecule has 2 aromatic rings. The van der Waals surface area contributed by atoms with E-state index in [1.165, 1.54) is 27.6 Å². The average molecular weight is 228 g/mol. The molecule has 0 saturated heterocycles. The normalized spacial score (nSPS) is 14.9. The lowest BCUT2D eigenvalue weighted by molar-refractivity contribution is 0.0942. The molecule has 0 spiro atoms. The van der Waals surface area contributed by atoms with Crippen LogP contribution in [0.1, 0.15) is 32.7 Å². The molecule has 3 rings (SSSR count). The average Bonchev–Trinajstić information content (AvgIpc) is 2.68. The third-order valence-electron chi connectivity index (χ3n) is 3.79. The number of hydrogen-bond donors (Lipinski definition) is 2. The number of H-pyrrole nitrogens is 1. The number of aromatic amines is 1. The van der Waals surface area contributed by atoms with Crippen molar-refractivity contribution in [2.75, 3.05) is 6.54 Å². The first-order valence-corrected chi connectivity index (χ1v) is 5.99. The van der Waals surface area contributed by atoms with Gasteiger partial charge in [-0.25, -0.2) is 0 Å².